The van der Waals surface area contributed by atoms with Gasteiger partial charge in [-0.05, 0) is 73.5 Å². The first kappa shape index (κ1) is 25.8. The number of anilines is 1. The highest BCUT2D eigenvalue weighted by atomic mass is 32.2. The number of rotatable bonds is 8. The highest BCUT2D eigenvalue weighted by Gasteiger charge is 2.22. The van der Waals surface area contributed by atoms with Crippen LogP contribution in [0.4, 0.5) is 5.69 Å². The number of aryl methyl sites for hydroxylation is 1. The lowest BCUT2D eigenvalue weighted by Crippen LogP contribution is -2.23. The maximum Gasteiger partial charge on any atom is 0.237 e. The van der Waals surface area contributed by atoms with E-state index in [-0.39, 0.29) is 5.91 Å². The van der Waals surface area contributed by atoms with Gasteiger partial charge in [0.15, 0.2) is 0 Å². The SMILES string of the molecule is COc1ccc(-c2cc(-c3ccc(OC)cc3)c(C#N)c(S[C@H](C)C(=O)Nc3ccccc3C)n2)cc1. The number of para-hydroxylation sites is 1. The molecule has 186 valence electrons. The quantitative estimate of drug-likeness (QED) is 0.265. The molecule has 0 bridgehead atoms. The third kappa shape index (κ3) is 5.93. The molecule has 0 aliphatic carbocycles. The number of amides is 1. The van der Waals surface area contributed by atoms with Crippen molar-refractivity contribution in [2.75, 3.05) is 19.5 Å². The molecule has 0 aliphatic heterocycles. The second-order valence-electron chi connectivity index (χ2n) is 8.37. The Hall–Kier alpha value is -4.28. The average Bonchev–Trinajstić information content (AvgIpc) is 2.94. The van der Waals surface area contributed by atoms with Gasteiger partial charge in [0.25, 0.3) is 0 Å². The van der Waals surface area contributed by atoms with Crippen LogP contribution in [0, 0.1) is 18.3 Å². The van der Waals surface area contributed by atoms with Crippen molar-refractivity contribution in [2.45, 2.75) is 24.1 Å². The molecular weight excluding hydrogens is 482 g/mol. The number of nitriles is 1. The van der Waals surface area contributed by atoms with Gasteiger partial charge in [0.05, 0.1) is 30.7 Å². The van der Waals surface area contributed by atoms with E-state index in [1.54, 1.807) is 14.2 Å². The number of thioether (sulfide) groups is 1. The van der Waals surface area contributed by atoms with Crippen molar-refractivity contribution >= 4 is 23.4 Å². The molecule has 0 fully saturated rings. The number of carbonyl (C=O) groups excluding carboxylic acids is 1. The van der Waals surface area contributed by atoms with Crippen LogP contribution in [0.1, 0.15) is 18.1 Å². The van der Waals surface area contributed by atoms with E-state index in [0.717, 1.165) is 39.4 Å². The number of benzene rings is 3. The first-order valence-electron chi connectivity index (χ1n) is 11.7. The zero-order chi connectivity index (χ0) is 26.4. The molecule has 1 aromatic heterocycles. The minimum absolute atomic E-state index is 0.161. The molecule has 0 aliphatic rings. The van der Waals surface area contributed by atoms with Crippen molar-refractivity contribution < 1.29 is 14.3 Å². The molecule has 0 saturated carbocycles. The van der Waals surface area contributed by atoms with E-state index in [4.69, 9.17) is 14.5 Å². The number of aromatic nitrogens is 1. The molecule has 3 aromatic carbocycles. The van der Waals surface area contributed by atoms with E-state index in [9.17, 15) is 10.1 Å². The van der Waals surface area contributed by atoms with Crippen molar-refractivity contribution in [1.82, 2.24) is 4.98 Å². The van der Waals surface area contributed by atoms with Gasteiger partial charge in [-0.2, -0.15) is 5.26 Å². The molecule has 0 saturated heterocycles. The van der Waals surface area contributed by atoms with Gasteiger partial charge in [0, 0.05) is 16.8 Å². The highest BCUT2D eigenvalue weighted by molar-refractivity contribution is 8.00. The molecule has 4 aromatic rings. The summed E-state index contributed by atoms with van der Waals surface area (Å²) in [5.74, 6) is 1.30. The lowest BCUT2D eigenvalue weighted by molar-refractivity contribution is -0.115. The molecule has 0 unspecified atom stereocenters. The van der Waals surface area contributed by atoms with Crippen LogP contribution in [0.25, 0.3) is 22.4 Å². The average molecular weight is 510 g/mol. The molecule has 1 atom stereocenters. The zero-order valence-corrected chi connectivity index (χ0v) is 21.9. The molecule has 6 nitrogen and oxygen atoms in total. The topological polar surface area (TPSA) is 84.2 Å². The van der Waals surface area contributed by atoms with Crippen LogP contribution in [0.3, 0.4) is 0 Å². The van der Waals surface area contributed by atoms with E-state index < -0.39 is 5.25 Å². The summed E-state index contributed by atoms with van der Waals surface area (Å²) in [5, 5.41) is 13.2. The second kappa shape index (κ2) is 11.6. The van der Waals surface area contributed by atoms with Crippen LogP contribution in [0.5, 0.6) is 11.5 Å². The van der Waals surface area contributed by atoms with Crippen LogP contribution in [-0.4, -0.2) is 30.4 Å². The zero-order valence-electron chi connectivity index (χ0n) is 21.1. The molecule has 4 rings (SSSR count). The third-order valence-electron chi connectivity index (χ3n) is 5.95. The molecule has 1 heterocycles. The van der Waals surface area contributed by atoms with E-state index in [1.807, 2.05) is 92.7 Å². The number of hydrogen-bond donors (Lipinski definition) is 1. The van der Waals surface area contributed by atoms with Crippen LogP contribution in [0.15, 0.2) is 83.9 Å². The summed E-state index contributed by atoms with van der Waals surface area (Å²) < 4.78 is 10.6. The largest absolute Gasteiger partial charge is 0.497 e. The second-order valence-corrected chi connectivity index (χ2v) is 9.70. The first-order valence-corrected chi connectivity index (χ1v) is 12.6. The summed E-state index contributed by atoms with van der Waals surface area (Å²) in [5.41, 5.74) is 5.32. The Bertz CT molecular complexity index is 1440. The Labute approximate surface area is 221 Å². The molecule has 0 spiro atoms. The normalized spacial score (nSPS) is 11.3. The smallest absolute Gasteiger partial charge is 0.237 e. The fourth-order valence-corrected chi connectivity index (χ4v) is 4.72. The van der Waals surface area contributed by atoms with E-state index >= 15 is 0 Å². The highest BCUT2D eigenvalue weighted by Crippen LogP contribution is 2.36. The lowest BCUT2D eigenvalue weighted by atomic mass is 9.99. The van der Waals surface area contributed by atoms with Crippen LogP contribution < -0.4 is 14.8 Å². The maximum absolute atomic E-state index is 13.0. The molecule has 1 amide bonds. The van der Waals surface area contributed by atoms with Crippen molar-refractivity contribution in [3.8, 4) is 40.0 Å². The maximum atomic E-state index is 13.0. The van der Waals surface area contributed by atoms with Crippen molar-refractivity contribution in [3.05, 3.63) is 90.0 Å². The van der Waals surface area contributed by atoms with E-state index in [0.29, 0.717) is 16.3 Å². The van der Waals surface area contributed by atoms with E-state index in [1.165, 1.54) is 11.8 Å². The van der Waals surface area contributed by atoms with Gasteiger partial charge in [0.2, 0.25) is 5.91 Å². The monoisotopic (exact) mass is 509 g/mol. The van der Waals surface area contributed by atoms with Gasteiger partial charge < -0.3 is 14.8 Å². The Morgan fingerprint density at radius 3 is 2.11 bits per heavy atom. The van der Waals surface area contributed by atoms with Gasteiger partial charge in [-0.25, -0.2) is 4.98 Å². The standard InChI is InChI=1S/C30H27N3O3S/c1-19-7-5-6-8-27(19)32-29(34)20(2)37-30-26(18-31)25(21-9-13-23(35-3)14-10-21)17-28(33-30)22-11-15-24(36-4)16-12-22/h5-17,20H,1-4H3,(H,32,34)/t20-/m1/s1. The molecule has 7 heteroatoms. The predicted octanol–water partition coefficient (Wildman–Crippen LogP) is 6.73. The fourth-order valence-electron chi connectivity index (χ4n) is 3.79. The number of hydrogen-bond acceptors (Lipinski definition) is 6. The van der Waals surface area contributed by atoms with Crippen LogP contribution >= 0.6 is 11.8 Å². The fraction of sp³-hybridized carbons (Fsp3) is 0.167. The molecular formula is C30H27N3O3S. The Balaban J connectivity index is 1.75. The summed E-state index contributed by atoms with van der Waals surface area (Å²) in [7, 11) is 3.23. The summed E-state index contributed by atoms with van der Waals surface area (Å²) in [6.45, 7) is 3.76. The number of nitrogens with one attached hydrogen (secondary N) is 1. The minimum Gasteiger partial charge on any atom is -0.497 e. The minimum atomic E-state index is -0.492. The summed E-state index contributed by atoms with van der Waals surface area (Å²) >= 11 is 1.27. The Kier molecular flexibility index (Phi) is 8.11. The molecule has 0 radical (unpaired) electrons. The molecule has 1 N–H and O–H groups in total. The van der Waals surface area contributed by atoms with Crippen molar-refractivity contribution in [1.29, 1.82) is 5.26 Å². The van der Waals surface area contributed by atoms with Gasteiger partial charge >= 0.3 is 0 Å². The number of methoxy groups -OCH3 is 2. The number of carbonyl (C=O) groups is 1. The lowest BCUT2D eigenvalue weighted by Gasteiger charge is -2.16. The van der Waals surface area contributed by atoms with Crippen molar-refractivity contribution in [3.63, 3.8) is 0 Å². The Morgan fingerprint density at radius 2 is 1.54 bits per heavy atom. The van der Waals surface area contributed by atoms with Crippen LogP contribution in [-0.2, 0) is 4.79 Å². The Morgan fingerprint density at radius 1 is 0.946 bits per heavy atom. The van der Waals surface area contributed by atoms with E-state index in [2.05, 4.69) is 11.4 Å². The summed E-state index contributed by atoms with van der Waals surface area (Å²) in [4.78, 5) is 17.9. The van der Waals surface area contributed by atoms with Gasteiger partial charge in [-0.15, -0.1) is 0 Å². The predicted molar refractivity (Wildman–Crippen MR) is 148 cm³/mol. The van der Waals surface area contributed by atoms with Gasteiger partial charge in [-0.1, -0.05) is 42.1 Å². The summed E-state index contributed by atoms with van der Waals surface area (Å²) in [6, 6.07) is 27.0. The third-order valence-corrected chi connectivity index (χ3v) is 7.03. The summed E-state index contributed by atoms with van der Waals surface area (Å²) in [6.07, 6.45) is 0. The first-order chi connectivity index (χ1) is 17.9. The van der Waals surface area contributed by atoms with Crippen LogP contribution in [0.2, 0.25) is 0 Å². The number of nitrogens with zero attached hydrogens (tertiary/aromatic N) is 2. The number of pyridine rings is 1. The molecule has 37 heavy (non-hydrogen) atoms. The van der Waals surface area contributed by atoms with Gasteiger partial charge in [0.1, 0.15) is 22.6 Å². The van der Waals surface area contributed by atoms with Gasteiger partial charge in [-0.3, -0.25) is 4.79 Å². The number of ether oxygens (including phenoxy) is 2. The van der Waals surface area contributed by atoms with Crippen molar-refractivity contribution in [2.24, 2.45) is 0 Å².